The molecule has 0 saturated carbocycles. The molecular weight excluding hydrogens is 366 g/mol. The first-order valence-electron chi connectivity index (χ1n) is 7.96. The molecule has 0 aliphatic rings. The van der Waals surface area contributed by atoms with Crippen LogP contribution in [0.4, 0.5) is 5.69 Å². The minimum absolute atomic E-state index is 0.0740. The van der Waals surface area contributed by atoms with Gasteiger partial charge in [0, 0.05) is 17.8 Å². The van der Waals surface area contributed by atoms with Crippen molar-refractivity contribution in [3.63, 3.8) is 0 Å². The van der Waals surface area contributed by atoms with Gasteiger partial charge in [0.1, 0.15) is 17.1 Å². The van der Waals surface area contributed by atoms with E-state index in [1.54, 1.807) is 16.7 Å². The predicted octanol–water partition coefficient (Wildman–Crippen LogP) is 1.53. The number of hydrogen-bond acceptors (Lipinski definition) is 7. The van der Waals surface area contributed by atoms with Gasteiger partial charge in [-0.15, -0.1) is 5.10 Å². The van der Waals surface area contributed by atoms with Crippen molar-refractivity contribution < 1.29 is 14.4 Å². The SMILES string of the molecule is COc1cc([N+](=O)[O-])c(OC)cc1-c1nc2ccccn2c1/C=N/N=C(N)N. The quantitative estimate of drug-likeness (QED) is 0.283. The molecule has 2 heterocycles. The van der Waals surface area contributed by atoms with Gasteiger partial charge in [-0.1, -0.05) is 6.07 Å². The summed E-state index contributed by atoms with van der Waals surface area (Å²) in [7, 11) is 2.77. The van der Waals surface area contributed by atoms with E-state index in [0.717, 1.165) is 0 Å². The van der Waals surface area contributed by atoms with E-state index in [4.69, 9.17) is 20.9 Å². The van der Waals surface area contributed by atoms with Crippen molar-refractivity contribution in [3.8, 4) is 22.8 Å². The lowest BCUT2D eigenvalue weighted by molar-refractivity contribution is -0.385. The summed E-state index contributed by atoms with van der Waals surface area (Å²) in [5, 5.41) is 18.8. The third-order valence-corrected chi connectivity index (χ3v) is 3.87. The van der Waals surface area contributed by atoms with E-state index in [0.29, 0.717) is 22.6 Å². The lowest BCUT2D eigenvalue weighted by Crippen LogP contribution is -2.21. The maximum Gasteiger partial charge on any atom is 0.314 e. The van der Waals surface area contributed by atoms with E-state index in [9.17, 15) is 10.1 Å². The number of guanidine groups is 1. The van der Waals surface area contributed by atoms with Crippen LogP contribution in [0, 0.1) is 10.1 Å². The van der Waals surface area contributed by atoms with Gasteiger partial charge in [0.15, 0.2) is 5.75 Å². The lowest BCUT2D eigenvalue weighted by Gasteiger charge is -2.10. The number of imidazole rings is 1. The topological polar surface area (TPSA) is 156 Å². The number of benzene rings is 1. The second-order valence-electron chi connectivity index (χ2n) is 5.53. The molecule has 0 atom stereocenters. The first kappa shape index (κ1) is 18.6. The van der Waals surface area contributed by atoms with Gasteiger partial charge in [-0.2, -0.15) is 5.10 Å². The highest BCUT2D eigenvalue weighted by atomic mass is 16.6. The van der Waals surface area contributed by atoms with E-state index in [2.05, 4.69) is 15.2 Å². The molecular formula is C17H17N7O4. The summed E-state index contributed by atoms with van der Waals surface area (Å²) in [6, 6.07) is 8.24. The lowest BCUT2D eigenvalue weighted by atomic mass is 10.1. The summed E-state index contributed by atoms with van der Waals surface area (Å²) in [6.45, 7) is 0. The number of nitro groups is 1. The fourth-order valence-electron chi connectivity index (χ4n) is 2.70. The zero-order valence-electron chi connectivity index (χ0n) is 15.1. The normalized spacial score (nSPS) is 10.9. The Morgan fingerprint density at radius 3 is 2.64 bits per heavy atom. The van der Waals surface area contributed by atoms with Gasteiger partial charge in [0.25, 0.3) is 0 Å². The number of nitro benzene ring substituents is 1. The van der Waals surface area contributed by atoms with Crippen molar-refractivity contribution in [2.75, 3.05) is 14.2 Å². The Balaban J connectivity index is 2.30. The second kappa shape index (κ2) is 7.61. The van der Waals surface area contributed by atoms with E-state index in [1.165, 1.54) is 32.6 Å². The molecule has 11 nitrogen and oxygen atoms in total. The van der Waals surface area contributed by atoms with Gasteiger partial charge >= 0.3 is 5.69 Å². The molecule has 2 aromatic heterocycles. The number of hydrogen-bond donors (Lipinski definition) is 2. The minimum atomic E-state index is -0.546. The molecule has 3 aromatic rings. The molecule has 0 unspecified atom stereocenters. The van der Waals surface area contributed by atoms with Gasteiger partial charge in [-0.05, 0) is 12.1 Å². The first-order valence-corrected chi connectivity index (χ1v) is 7.96. The Labute approximate surface area is 159 Å². The Bertz CT molecular complexity index is 1100. The van der Waals surface area contributed by atoms with Crippen molar-refractivity contribution in [1.82, 2.24) is 9.38 Å². The molecule has 1 aromatic carbocycles. The zero-order chi connectivity index (χ0) is 20.3. The Morgan fingerprint density at radius 1 is 1.25 bits per heavy atom. The largest absolute Gasteiger partial charge is 0.496 e. The molecule has 0 saturated heterocycles. The Hall–Kier alpha value is -4.15. The summed E-state index contributed by atoms with van der Waals surface area (Å²) in [5.74, 6) is 0.138. The van der Waals surface area contributed by atoms with Gasteiger partial charge < -0.3 is 20.9 Å². The van der Waals surface area contributed by atoms with E-state index in [1.807, 2.05) is 12.1 Å². The third kappa shape index (κ3) is 3.40. The smallest absolute Gasteiger partial charge is 0.314 e. The number of fused-ring (bicyclic) bond motifs is 1. The number of ether oxygens (including phenoxy) is 2. The molecule has 0 fully saturated rings. The van der Waals surface area contributed by atoms with Crippen LogP contribution in [0.3, 0.4) is 0 Å². The summed E-state index contributed by atoms with van der Waals surface area (Å²) >= 11 is 0. The van der Waals surface area contributed by atoms with Crippen LogP contribution < -0.4 is 20.9 Å². The van der Waals surface area contributed by atoms with Crippen LogP contribution in [0.2, 0.25) is 0 Å². The van der Waals surface area contributed by atoms with Crippen LogP contribution in [-0.2, 0) is 0 Å². The van der Waals surface area contributed by atoms with Gasteiger partial charge in [-0.3, -0.25) is 14.5 Å². The van der Waals surface area contributed by atoms with Gasteiger partial charge in [-0.25, -0.2) is 4.98 Å². The van der Waals surface area contributed by atoms with Crippen molar-refractivity contribution in [3.05, 3.63) is 52.3 Å². The highest BCUT2D eigenvalue weighted by Gasteiger charge is 2.24. The van der Waals surface area contributed by atoms with Gasteiger partial charge in [0.2, 0.25) is 5.96 Å². The van der Waals surface area contributed by atoms with Crippen molar-refractivity contribution in [2.24, 2.45) is 21.7 Å². The van der Waals surface area contributed by atoms with Crippen LogP contribution >= 0.6 is 0 Å². The first-order chi connectivity index (χ1) is 13.5. The average molecular weight is 383 g/mol. The fourth-order valence-corrected chi connectivity index (χ4v) is 2.70. The van der Waals surface area contributed by atoms with Gasteiger partial charge in [0.05, 0.1) is 37.1 Å². The Kier molecular flexibility index (Phi) is 5.07. The second-order valence-corrected chi connectivity index (χ2v) is 5.53. The maximum absolute atomic E-state index is 11.3. The highest BCUT2D eigenvalue weighted by Crippen LogP contribution is 2.40. The van der Waals surface area contributed by atoms with Crippen LogP contribution in [0.5, 0.6) is 11.5 Å². The van der Waals surface area contributed by atoms with Crippen LogP contribution in [0.15, 0.2) is 46.7 Å². The van der Waals surface area contributed by atoms with Crippen molar-refractivity contribution in [1.29, 1.82) is 0 Å². The minimum Gasteiger partial charge on any atom is -0.496 e. The van der Waals surface area contributed by atoms with Crippen molar-refractivity contribution in [2.45, 2.75) is 0 Å². The summed E-state index contributed by atoms with van der Waals surface area (Å²) < 4.78 is 12.3. The molecule has 0 aliphatic carbocycles. The van der Waals surface area contributed by atoms with Crippen LogP contribution in [0.25, 0.3) is 16.9 Å². The Morgan fingerprint density at radius 2 is 2.00 bits per heavy atom. The molecule has 3 rings (SSSR count). The summed E-state index contributed by atoms with van der Waals surface area (Å²) in [6.07, 6.45) is 3.22. The van der Waals surface area contributed by atoms with E-state index in [-0.39, 0.29) is 23.1 Å². The number of nitrogens with two attached hydrogens (primary N) is 2. The molecule has 0 radical (unpaired) electrons. The van der Waals surface area contributed by atoms with Crippen LogP contribution in [-0.4, -0.2) is 40.7 Å². The molecule has 0 bridgehead atoms. The zero-order valence-corrected chi connectivity index (χ0v) is 15.1. The summed E-state index contributed by atoms with van der Waals surface area (Å²) in [5.41, 5.74) is 12.5. The molecule has 0 aliphatic heterocycles. The standard InChI is InChI=1S/C17H17N7O4/c1-27-13-8-11(24(25)26)14(28-2)7-10(13)16-12(9-20-22-17(18)19)23-6-4-3-5-15(23)21-16/h3-9H,1-2H3,(H4,18,19,22)/b20-9+. The molecule has 144 valence electrons. The molecule has 4 N–H and O–H groups in total. The number of pyridine rings is 1. The molecule has 11 heteroatoms. The average Bonchev–Trinajstić information content (AvgIpc) is 3.05. The van der Waals surface area contributed by atoms with Crippen molar-refractivity contribution >= 4 is 23.5 Å². The number of aromatic nitrogens is 2. The number of methoxy groups -OCH3 is 2. The summed E-state index contributed by atoms with van der Waals surface area (Å²) in [4.78, 5) is 15.3. The monoisotopic (exact) mass is 383 g/mol. The van der Waals surface area contributed by atoms with E-state index < -0.39 is 4.92 Å². The van der Waals surface area contributed by atoms with E-state index >= 15 is 0 Å². The molecule has 0 spiro atoms. The third-order valence-electron chi connectivity index (χ3n) is 3.87. The molecule has 28 heavy (non-hydrogen) atoms. The highest BCUT2D eigenvalue weighted by molar-refractivity contribution is 5.91. The van der Waals surface area contributed by atoms with Crippen LogP contribution in [0.1, 0.15) is 5.69 Å². The molecule has 0 amide bonds. The number of nitrogens with zero attached hydrogens (tertiary/aromatic N) is 5. The fraction of sp³-hybridized carbons (Fsp3) is 0.118. The number of rotatable bonds is 6. The predicted molar refractivity (Wildman–Crippen MR) is 104 cm³/mol. The maximum atomic E-state index is 11.3.